The second kappa shape index (κ2) is 12.5. The van der Waals surface area contributed by atoms with E-state index < -0.39 is 38.2 Å². The van der Waals surface area contributed by atoms with Crippen LogP contribution in [0.15, 0.2) is 81.3 Å². The van der Waals surface area contributed by atoms with Crippen molar-refractivity contribution < 1.29 is 22.7 Å². The summed E-state index contributed by atoms with van der Waals surface area (Å²) in [6, 6.07) is 17.2. The van der Waals surface area contributed by atoms with Crippen LogP contribution in [0.25, 0.3) is 11.1 Å². The number of hydrogen-bond donors (Lipinski definition) is 1. The third-order valence-electron chi connectivity index (χ3n) is 6.75. The number of aromatic nitrogens is 3. The molecule has 4 aromatic rings. The summed E-state index contributed by atoms with van der Waals surface area (Å²) in [5.74, 6) is -1.00. The summed E-state index contributed by atoms with van der Waals surface area (Å²) in [4.78, 5) is 20.2. The number of unbranched alkanes of at least 4 members (excludes halogenated alkanes) is 2. The number of halogens is 1. The lowest BCUT2D eigenvalue weighted by molar-refractivity contribution is 0.161. The Morgan fingerprint density at radius 3 is 2.33 bits per heavy atom. The normalized spacial score (nSPS) is 12.4. The van der Waals surface area contributed by atoms with Gasteiger partial charge in [0.15, 0.2) is 4.90 Å². The van der Waals surface area contributed by atoms with Crippen molar-refractivity contribution >= 4 is 9.84 Å². The van der Waals surface area contributed by atoms with E-state index in [0.717, 1.165) is 18.4 Å². The fraction of sp³-hybridized carbons (Fsp3) is 0.300. The number of ether oxygens (including phenoxy) is 1. The minimum absolute atomic E-state index is 0.113. The number of rotatable bonds is 11. The molecule has 1 unspecified atom stereocenters. The summed E-state index contributed by atoms with van der Waals surface area (Å²) >= 11 is 0. The first-order valence-electron chi connectivity index (χ1n) is 13.1. The molecule has 2 heterocycles. The Bertz CT molecular complexity index is 1640. The first-order valence-corrected chi connectivity index (χ1v) is 14.5. The Morgan fingerprint density at radius 1 is 1.00 bits per heavy atom. The Kier molecular flexibility index (Phi) is 9.11. The average molecular weight is 566 g/mol. The molecule has 0 saturated heterocycles. The van der Waals surface area contributed by atoms with Gasteiger partial charge in [-0.15, -0.1) is 0 Å². The molecule has 0 fully saturated rings. The first-order chi connectivity index (χ1) is 19.2. The van der Waals surface area contributed by atoms with Gasteiger partial charge in [-0.1, -0.05) is 62.2 Å². The number of benzene rings is 2. The summed E-state index contributed by atoms with van der Waals surface area (Å²) in [6.07, 6.45) is 2.91. The van der Waals surface area contributed by atoms with Crippen LogP contribution in [0, 0.1) is 12.9 Å². The standard InChI is InChI=1S/C30H32FN3O5S/c1-4-5-7-12-27-33-29(35)28(30(36)34(27)25(19-39-3)22-10-8-6-9-11-22)40(37,38)23-15-13-21(14-16-23)24-17-18-26(31)32-20(24)2/h6,8-11,13-18,25,36H,4-5,7,12,19H2,1-3H3. The molecule has 1 N–H and O–H groups in total. The van der Waals surface area contributed by atoms with Crippen LogP contribution in [0.5, 0.6) is 5.88 Å². The highest BCUT2D eigenvalue weighted by Crippen LogP contribution is 2.33. The molecular weight excluding hydrogens is 533 g/mol. The predicted octanol–water partition coefficient (Wildman–Crippen LogP) is 5.26. The van der Waals surface area contributed by atoms with Gasteiger partial charge in [0, 0.05) is 24.8 Å². The van der Waals surface area contributed by atoms with E-state index in [1.807, 2.05) is 37.3 Å². The van der Waals surface area contributed by atoms with Crippen LogP contribution >= 0.6 is 0 Å². The van der Waals surface area contributed by atoms with E-state index in [1.54, 1.807) is 25.1 Å². The van der Waals surface area contributed by atoms with Gasteiger partial charge >= 0.3 is 0 Å². The maximum atomic E-state index is 13.8. The monoisotopic (exact) mass is 565 g/mol. The van der Waals surface area contributed by atoms with Crippen LogP contribution in [0.2, 0.25) is 0 Å². The zero-order valence-corrected chi connectivity index (χ0v) is 23.5. The van der Waals surface area contributed by atoms with Gasteiger partial charge in [0.05, 0.1) is 17.5 Å². The van der Waals surface area contributed by atoms with Crippen LogP contribution in [0.1, 0.15) is 49.3 Å². The highest BCUT2D eigenvalue weighted by Gasteiger charge is 2.32. The van der Waals surface area contributed by atoms with E-state index in [0.29, 0.717) is 29.7 Å². The van der Waals surface area contributed by atoms with Crippen LogP contribution in [0.3, 0.4) is 0 Å². The minimum Gasteiger partial charge on any atom is -0.493 e. The summed E-state index contributed by atoms with van der Waals surface area (Å²) in [7, 11) is -2.96. The van der Waals surface area contributed by atoms with Gasteiger partial charge in [0.2, 0.25) is 21.7 Å². The molecule has 10 heteroatoms. The Labute approximate surface area is 233 Å². The molecule has 0 spiro atoms. The molecular formula is C30H32FN3O5S. The maximum absolute atomic E-state index is 13.8. The fourth-order valence-electron chi connectivity index (χ4n) is 4.74. The van der Waals surface area contributed by atoms with Gasteiger partial charge in [-0.05, 0) is 48.7 Å². The summed E-state index contributed by atoms with van der Waals surface area (Å²) in [5, 5.41) is 11.5. The minimum atomic E-state index is -4.47. The molecule has 0 radical (unpaired) electrons. The Balaban J connectivity index is 1.85. The lowest BCUT2D eigenvalue weighted by Gasteiger charge is -2.25. The maximum Gasteiger partial charge on any atom is 0.296 e. The highest BCUT2D eigenvalue weighted by atomic mass is 32.2. The lowest BCUT2D eigenvalue weighted by atomic mass is 10.1. The number of aryl methyl sites for hydroxylation is 2. The topological polar surface area (TPSA) is 111 Å². The first kappa shape index (κ1) is 29.1. The summed E-state index contributed by atoms with van der Waals surface area (Å²) in [5.41, 5.74) is 1.45. The van der Waals surface area contributed by atoms with Crippen molar-refractivity contribution in [2.24, 2.45) is 0 Å². The number of pyridine rings is 1. The van der Waals surface area contributed by atoms with E-state index in [-0.39, 0.29) is 17.3 Å². The molecule has 2 aromatic heterocycles. The molecule has 0 aliphatic carbocycles. The smallest absolute Gasteiger partial charge is 0.296 e. The van der Waals surface area contributed by atoms with Gasteiger partial charge in [0.25, 0.3) is 5.56 Å². The molecule has 0 amide bonds. The molecule has 2 aromatic carbocycles. The molecule has 4 rings (SSSR count). The number of hydrogen-bond acceptors (Lipinski definition) is 7. The van der Waals surface area contributed by atoms with E-state index >= 15 is 0 Å². The van der Waals surface area contributed by atoms with Gasteiger partial charge in [-0.3, -0.25) is 9.36 Å². The molecule has 210 valence electrons. The second-order valence-electron chi connectivity index (χ2n) is 9.49. The van der Waals surface area contributed by atoms with Gasteiger partial charge in [-0.25, -0.2) is 13.4 Å². The molecule has 0 saturated carbocycles. The van der Waals surface area contributed by atoms with Crippen LogP contribution < -0.4 is 5.56 Å². The van der Waals surface area contributed by atoms with Crippen LogP contribution in [-0.4, -0.2) is 41.8 Å². The van der Waals surface area contributed by atoms with Crippen LogP contribution in [0.4, 0.5) is 4.39 Å². The highest BCUT2D eigenvalue weighted by molar-refractivity contribution is 7.91. The quantitative estimate of drug-likeness (QED) is 0.195. The lowest BCUT2D eigenvalue weighted by Crippen LogP contribution is -2.29. The molecule has 0 bridgehead atoms. The fourth-order valence-corrected chi connectivity index (χ4v) is 6.09. The van der Waals surface area contributed by atoms with Crippen molar-refractivity contribution in [3.8, 4) is 17.0 Å². The number of sulfone groups is 1. The van der Waals surface area contributed by atoms with E-state index in [2.05, 4.69) is 9.97 Å². The zero-order chi connectivity index (χ0) is 28.9. The van der Waals surface area contributed by atoms with E-state index in [4.69, 9.17) is 4.74 Å². The number of nitrogens with zero attached hydrogens (tertiary/aromatic N) is 3. The summed E-state index contributed by atoms with van der Waals surface area (Å²) in [6.45, 7) is 3.81. The number of aromatic hydroxyl groups is 1. The van der Waals surface area contributed by atoms with Crippen molar-refractivity contribution in [3.05, 3.63) is 100 Å². The third kappa shape index (κ3) is 5.97. The average Bonchev–Trinajstić information content (AvgIpc) is 2.93. The van der Waals surface area contributed by atoms with E-state index in [1.165, 1.54) is 29.9 Å². The molecule has 40 heavy (non-hydrogen) atoms. The molecule has 0 aliphatic heterocycles. The molecule has 1 atom stereocenters. The zero-order valence-electron chi connectivity index (χ0n) is 22.7. The van der Waals surface area contributed by atoms with Gasteiger partial charge in [-0.2, -0.15) is 9.37 Å². The Morgan fingerprint density at radius 2 is 1.70 bits per heavy atom. The van der Waals surface area contributed by atoms with Crippen molar-refractivity contribution in [3.63, 3.8) is 0 Å². The largest absolute Gasteiger partial charge is 0.493 e. The van der Waals surface area contributed by atoms with E-state index in [9.17, 15) is 22.7 Å². The Hall–Kier alpha value is -3.89. The van der Waals surface area contributed by atoms with Crippen molar-refractivity contribution in [2.75, 3.05) is 13.7 Å². The molecule has 8 nitrogen and oxygen atoms in total. The van der Waals surface area contributed by atoms with Gasteiger partial charge < -0.3 is 9.84 Å². The number of methoxy groups -OCH3 is 1. The SMILES string of the molecule is CCCCCc1nc(=O)c(S(=O)(=O)c2ccc(-c3ccc(F)nc3C)cc2)c(O)n1C(COC)c1ccccc1. The third-order valence-corrected chi connectivity index (χ3v) is 8.54. The van der Waals surface area contributed by atoms with Gasteiger partial charge in [0.1, 0.15) is 5.82 Å². The van der Waals surface area contributed by atoms with Crippen molar-refractivity contribution in [1.82, 2.24) is 14.5 Å². The molecule has 0 aliphatic rings. The second-order valence-corrected chi connectivity index (χ2v) is 11.4. The van der Waals surface area contributed by atoms with Crippen molar-refractivity contribution in [2.45, 2.75) is 55.4 Å². The van der Waals surface area contributed by atoms with Crippen molar-refractivity contribution in [1.29, 1.82) is 0 Å². The summed E-state index contributed by atoms with van der Waals surface area (Å²) < 4.78 is 47.8. The predicted molar refractivity (Wildman–Crippen MR) is 150 cm³/mol. The van der Waals surface area contributed by atoms with Crippen LogP contribution in [-0.2, 0) is 21.0 Å².